The molecule has 1 atom stereocenters. The Labute approximate surface area is 241 Å². The number of aryl methyl sites for hydroxylation is 1. The lowest BCUT2D eigenvalue weighted by Gasteiger charge is -2.23. The quantitative estimate of drug-likeness (QED) is 0.0817. The Morgan fingerprint density at radius 2 is 1.82 bits per heavy atom. The highest BCUT2D eigenvalue weighted by Gasteiger charge is 2.48. The number of rotatable bonds is 7. The largest absolute Gasteiger partial charge is 0.507 e. The van der Waals surface area contributed by atoms with Gasteiger partial charge in [-0.1, -0.05) is 83.3 Å². The van der Waals surface area contributed by atoms with Crippen molar-refractivity contribution in [3.05, 3.63) is 99.0 Å². The van der Waals surface area contributed by atoms with Crippen LogP contribution in [0.25, 0.3) is 5.76 Å². The molecule has 11 heteroatoms. The second-order valence-corrected chi connectivity index (χ2v) is 11.7. The Balaban J connectivity index is 1.58. The summed E-state index contributed by atoms with van der Waals surface area (Å²) >= 11 is 5.97. The number of carbonyl (C=O) groups is 2. The minimum Gasteiger partial charge on any atom is -0.507 e. The van der Waals surface area contributed by atoms with Crippen LogP contribution in [0.1, 0.15) is 28.3 Å². The van der Waals surface area contributed by atoms with E-state index in [9.17, 15) is 19.8 Å². The monoisotopic (exact) mass is 623 g/mol. The highest BCUT2D eigenvalue weighted by atomic mass is 79.9. The van der Waals surface area contributed by atoms with E-state index in [4.69, 9.17) is 4.74 Å². The number of aromatic nitrogens is 2. The number of halogens is 1. The number of anilines is 1. The fourth-order valence-corrected chi connectivity index (χ4v) is 6.47. The van der Waals surface area contributed by atoms with Gasteiger partial charge in [-0.2, -0.15) is 0 Å². The third kappa shape index (κ3) is 5.29. The number of benzene rings is 3. The van der Waals surface area contributed by atoms with Gasteiger partial charge in [-0.15, -0.1) is 10.2 Å². The maximum atomic E-state index is 13.4. The van der Waals surface area contributed by atoms with Crippen molar-refractivity contribution in [2.75, 3.05) is 12.0 Å². The van der Waals surface area contributed by atoms with Gasteiger partial charge < -0.3 is 14.9 Å². The summed E-state index contributed by atoms with van der Waals surface area (Å²) in [5.41, 5.74) is 3.00. The Morgan fingerprint density at radius 3 is 2.51 bits per heavy atom. The van der Waals surface area contributed by atoms with Gasteiger partial charge in [-0.05, 0) is 46.1 Å². The molecule has 2 N–H and O–H groups in total. The molecule has 0 radical (unpaired) electrons. The number of nitrogens with zero attached hydrogens (tertiary/aromatic N) is 3. The molecule has 1 amide bonds. The van der Waals surface area contributed by atoms with Crippen LogP contribution in [0.2, 0.25) is 0 Å². The fourth-order valence-electron chi connectivity index (χ4n) is 4.19. The van der Waals surface area contributed by atoms with Gasteiger partial charge in [0.05, 0.1) is 23.2 Å². The van der Waals surface area contributed by atoms with Crippen molar-refractivity contribution in [3.8, 4) is 11.5 Å². The van der Waals surface area contributed by atoms with Gasteiger partial charge in [0.25, 0.3) is 5.78 Å². The zero-order chi connectivity index (χ0) is 27.7. The molecule has 5 rings (SSSR count). The van der Waals surface area contributed by atoms with E-state index in [1.165, 1.54) is 46.7 Å². The van der Waals surface area contributed by atoms with E-state index in [1.54, 1.807) is 36.4 Å². The first-order chi connectivity index (χ1) is 18.8. The molecule has 1 aromatic heterocycles. The molecule has 0 bridgehead atoms. The molecule has 3 aromatic carbocycles. The van der Waals surface area contributed by atoms with Gasteiger partial charge in [0.2, 0.25) is 5.13 Å². The van der Waals surface area contributed by atoms with Crippen molar-refractivity contribution in [1.82, 2.24) is 10.2 Å². The highest BCUT2D eigenvalue weighted by Crippen LogP contribution is 2.47. The molecule has 4 aromatic rings. The summed E-state index contributed by atoms with van der Waals surface area (Å²) in [5, 5.41) is 30.3. The minimum atomic E-state index is -1.04. The maximum absolute atomic E-state index is 13.4. The molecule has 0 spiro atoms. The molecular weight excluding hydrogens is 602 g/mol. The van der Waals surface area contributed by atoms with Crippen LogP contribution < -0.4 is 9.64 Å². The molecule has 1 aliphatic heterocycles. The zero-order valence-corrected chi connectivity index (χ0v) is 24.0. The molecule has 1 saturated heterocycles. The number of ether oxygens (including phenoxy) is 1. The smallest absolute Gasteiger partial charge is 0.301 e. The van der Waals surface area contributed by atoms with E-state index in [1.807, 2.05) is 31.2 Å². The van der Waals surface area contributed by atoms with Crippen LogP contribution in [0.4, 0.5) is 5.13 Å². The third-order valence-electron chi connectivity index (χ3n) is 6.16. The van der Waals surface area contributed by atoms with Crippen molar-refractivity contribution >= 4 is 61.6 Å². The summed E-state index contributed by atoms with van der Waals surface area (Å²) in [6.45, 7) is 2.03. The van der Waals surface area contributed by atoms with Gasteiger partial charge in [0.15, 0.2) is 15.8 Å². The standard InChI is InChI=1S/C28H22BrN3O5S2/c1-15-8-10-16(11-9-15)14-38-28-31-30-27(39-28)32-22(18-12-19(29)24(34)20(13-18)37-2)21(25(35)26(32)36)23(33)17-6-4-3-5-7-17/h3-13,22,33-34H,14H2,1-2H3/b23-21-. The number of aliphatic hydroxyl groups is 1. The number of aliphatic hydroxyl groups excluding tert-OH is 1. The molecule has 198 valence electrons. The van der Waals surface area contributed by atoms with Gasteiger partial charge >= 0.3 is 5.91 Å². The summed E-state index contributed by atoms with van der Waals surface area (Å²) in [6.07, 6.45) is 0. The van der Waals surface area contributed by atoms with Crippen molar-refractivity contribution < 1.29 is 24.5 Å². The summed E-state index contributed by atoms with van der Waals surface area (Å²) in [5.74, 6) is -1.35. The van der Waals surface area contributed by atoms with Gasteiger partial charge in [-0.25, -0.2) is 0 Å². The number of ketones is 1. The Hall–Kier alpha value is -3.67. The Morgan fingerprint density at radius 1 is 1.10 bits per heavy atom. The Bertz CT molecular complexity index is 1590. The van der Waals surface area contributed by atoms with E-state index < -0.39 is 17.7 Å². The second kappa shape index (κ2) is 11.2. The first-order valence-corrected chi connectivity index (χ1v) is 14.3. The Kier molecular flexibility index (Phi) is 7.74. The lowest BCUT2D eigenvalue weighted by molar-refractivity contribution is -0.132. The van der Waals surface area contributed by atoms with Crippen molar-refractivity contribution in [1.29, 1.82) is 0 Å². The van der Waals surface area contributed by atoms with Gasteiger partial charge in [0, 0.05) is 11.3 Å². The lowest BCUT2D eigenvalue weighted by Crippen LogP contribution is -2.29. The minimum absolute atomic E-state index is 0.102. The molecule has 2 heterocycles. The van der Waals surface area contributed by atoms with Crippen LogP contribution in [-0.4, -0.2) is 39.2 Å². The van der Waals surface area contributed by atoms with Crippen molar-refractivity contribution in [2.24, 2.45) is 0 Å². The van der Waals surface area contributed by atoms with Crippen LogP contribution in [0.5, 0.6) is 11.5 Å². The third-order valence-corrected chi connectivity index (χ3v) is 8.89. The number of thioether (sulfide) groups is 1. The van der Waals surface area contributed by atoms with E-state index in [2.05, 4.69) is 26.1 Å². The van der Waals surface area contributed by atoms with E-state index in [0.717, 1.165) is 5.56 Å². The first kappa shape index (κ1) is 26.9. The normalized spacial score (nSPS) is 16.6. The van der Waals surface area contributed by atoms with Crippen LogP contribution in [0, 0.1) is 6.92 Å². The number of hydrogen-bond donors (Lipinski definition) is 2. The predicted octanol–water partition coefficient (Wildman–Crippen LogP) is 6.24. The summed E-state index contributed by atoms with van der Waals surface area (Å²) < 4.78 is 6.23. The molecular formula is C28H22BrN3O5S2. The fraction of sp³-hybridized carbons (Fsp3) is 0.143. The second-order valence-electron chi connectivity index (χ2n) is 8.71. The highest BCUT2D eigenvalue weighted by molar-refractivity contribution is 9.10. The summed E-state index contributed by atoms with van der Waals surface area (Å²) in [7, 11) is 1.40. The number of methoxy groups -OCH3 is 1. The van der Waals surface area contributed by atoms with Gasteiger partial charge in [0.1, 0.15) is 5.76 Å². The number of carbonyl (C=O) groups excluding carboxylic acids is 2. The number of aromatic hydroxyl groups is 1. The van der Waals surface area contributed by atoms with Gasteiger partial charge in [-0.3, -0.25) is 14.5 Å². The molecule has 1 aliphatic rings. The zero-order valence-electron chi connectivity index (χ0n) is 20.8. The predicted molar refractivity (Wildman–Crippen MR) is 154 cm³/mol. The molecule has 39 heavy (non-hydrogen) atoms. The average molecular weight is 625 g/mol. The number of phenols is 1. The van der Waals surface area contributed by atoms with E-state index in [0.29, 0.717) is 25.7 Å². The molecule has 1 fully saturated rings. The molecule has 8 nitrogen and oxygen atoms in total. The maximum Gasteiger partial charge on any atom is 0.301 e. The van der Waals surface area contributed by atoms with Crippen LogP contribution >= 0.6 is 39.0 Å². The molecule has 1 unspecified atom stereocenters. The number of phenolic OH excluding ortho intramolecular Hbond substituents is 1. The number of hydrogen-bond acceptors (Lipinski definition) is 9. The summed E-state index contributed by atoms with van der Waals surface area (Å²) in [6, 6.07) is 18.8. The SMILES string of the molecule is COc1cc(C2/C(=C(/O)c3ccccc3)C(=O)C(=O)N2c2nnc(SCc3ccc(C)cc3)s2)cc(Br)c1O. The van der Waals surface area contributed by atoms with E-state index >= 15 is 0 Å². The molecule has 0 aliphatic carbocycles. The number of Topliss-reactive ketones (excluding diaryl/α,β-unsaturated/α-hetero) is 1. The summed E-state index contributed by atoms with van der Waals surface area (Å²) in [4.78, 5) is 28.1. The van der Waals surface area contributed by atoms with Crippen LogP contribution in [-0.2, 0) is 15.3 Å². The first-order valence-electron chi connectivity index (χ1n) is 11.7. The number of amides is 1. The van der Waals surface area contributed by atoms with Crippen LogP contribution in [0.3, 0.4) is 0 Å². The van der Waals surface area contributed by atoms with Crippen molar-refractivity contribution in [3.63, 3.8) is 0 Å². The topological polar surface area (TPSA) is 113 Å². The van der Waals surface area contributed by atoms with E-state index in [-0.39, 0.29) is 28.0 Å². The van der Waals surface area contributed by atoms with Crippen LogP contribution in [0.15, 0.2) is 81.1 Å². The average Bonchev–Trinajstić information content (AvgIpc) is 3.52. The molecule has 0 saturated carbocycles. The lowest BCUT2D eigenvalue weighted by atomic mass is 9.95. The van der Waals surface area contributed by atoms with Crippen molar-refractivity contribution in [2.45, 2.75) is 23.1 Å².